The Kier molecular flexibility index (Phi) is 6.03. The van der Waals surface area contributed by atoms with E-state index in [2.05, 4.69) is 27.8 Å². The average Bonchev–Trinajstić information content (AvgIpc) is 2.65. The van der Waals surface area contributed by atoms with Crippen molar-refractivity contribution in [2.45, 2.75) is 12.6 Å². The molecule has 0 aliphatic heterocycles. The van der Waals surface area contributed by atoms with Crippen molar-refractivity contribution in [3.63, 3.8) is 0 Å². The molecular weight excluding hydrogens is 374 g/mol. The third-order valence-corrected chi connectivity index (χ3v) is 4.53. The summed E-state index contributed by atoms with van der Waals surface area (Å²) in [6.45, 7) is 0.399. The van der Waals surface area contributed by atoms with Gasteiger partial charge >= 0.3 is 0 Å². The van der Waals surface area contributed by atoms with Crippen LogP contribution in [0, 0.1) is 11.8 Å². The van der Waals surface area contributed by atoms with E-state index in [0.717, 1.165) is 21.2 Å². The van der Waals surface area contributed by atoms with Gasteiger partial charge in [-0.15, -0.1) is 0 Å². The lowest BCUT2D eigenvalue weighted by Gasteiger charge is -2.23. The topological polar surface area (TPSA) is 23.5 Å². The molecule has 0 unspecified atom stereocenters. The molecular formula is C22H18BrNO. The molecule has 0 aliphatic carbocycles. The number of hydrogen-bond acceptors (Lipinski definition) is 2. The van der Waals surface area contributed by atoms with Crippen LogP contribution in [0.15, 0.2) is 89.4 Å². The highest BCUT2D eigenvalue weighted by Crippen LogP contribution is 2.27. The van der Waals surface area contributed by atoms with Crippen molar-refractivity contribution in [2.24, 2.45) is 0 Å². The maximum absolute atomic E-state index is 10.7. The fraction of sp³-hybridized carbons (Fsp3) is 0.0909. The Balaban J connectivity index is 1.92. The summed E-state index contributed by atoms with van der Waals surface area (Å²) in [5.41, 5.74) is 2.89. The zero-order valence-corrected chi connectivity index (χ0v) is 15.2. The first kappa shape index (κ1) is 17.4. The van der Waals surface area contributed by atoms with Gasteiger partial charge in [0, 0.05) is 10.0 Å². The lowest BCUT2D eigenvalue weighted by atomic mass is 10.1. The molecule has 0 radical (unpaired) electrons. The number of nitrogens with zero attached hydrogens (tertiary/aromatic N) is 1. The van der Waals surface area contributed by atoms with Crippen LogP contribution in [0.1, 0.15) is 22.7 Å². The van der Waals surface area contributed by atoms with Gasteiger partial charge in [-0.2, -0.15) is 5.06 Å². The molecule has 0 spiro atoms. The van der Waals surface area contributed by atoms with Gasteiger partial charge in [0.25, 0.3) is 0 Å². The second-order valence-electron chi connectivity index (χ2n) is 5.64. The van der Waals surface area contributed by atoms with Crippen molar-refractivity contribution in [3.05, 3.63) is 106 Å². The summed E-state index contributed by atoms with van der Waals surface area (Å²) in [6.07, 6.45) is 0. The quantitative estimate of drug-likeness (QED) is 0.473. The zero-order valence-electron chi connectivity index (χ0n) is 13.6. The van der Waals surface area contributed by atoms with Gasteiger partial charge in [0.2, 0.25) is 0 Å². The maximum atomic E-state index is 10.7. The Hall–Kier alpha value is -2.38. The van der Waals surface area contributed by atoms with Crippen LogP contribution in [0.25, 0.3) is 0 Å². The lowest BCUT2D eigenvalue weighted by molar-refractivity contribution is -0.121. The van der Waals surface area contributed by atoms with Gasteiger partial charge in [0.15, 0.2) is 0 Å². The maximum Gasteiger partial charge on any atom is 0.122 e. The second kappa shape index (κ2) is 8.64. The van der Waals surface area contributed by atoms with Crippen molar-refractivity contribution < 1.29 is 5.21 Å². The highest BCUT2D eigenvalue weighted by molar-refractivity contribution is 9.10. The van der Waals surface area contributed by atoms with Crippen molar-refractivity contribution >= 4 is 15.9 Å². The number of rotatable bonds is 4. The standard InChI is InChI=1S/C22H18BrNO/c23-21-14-8-7-13-20(21)22(16-15-18-9-3-1-4-10-18)24(25)17-19-11-5-2-6-12-19/h1-14,22,25H,17H2/t22-/m0/s1. The molecule has 2 nitrogen and oxygen atoms in total. The summed E-state index contributed by atoms with van der Waals surface area (Å²) < 4.78 is 0.925. The van der Waals surface area contributed by atoms with E-state index >= 15 is 0 Å². The first-order chi connectivity index (χ1) is 12.2. The molecule has 0 heterocycles. The number of benzene rings is 3. The van der Waals surface area contributed by atoms with Crippen LogP contribution < -0.4 is 0 Å². The zero-order chi connectivity index (χ0) is 17.5. The van der Waals surface area contributed by atoms with Crippen molar-refractivity contribution in [3.8, 4) is 11.8 Å². The minimum Gasteiger partial charge on any atom is -0.312 e. The Morgan fingerprint density at radius 1 is 0.840 bits per heavy atom. The van der Waals surface area contributed by atoms with Crippen molar-refractivity contribution in [1.82, 2.24) is 5.06 Å². The van der Waals surface area contributed by atoms with Gasteiger partial charge < -0.3 is 5.21 Å². The molecule has 0 amide bonds. The lowest BCUT2D eigenvalue weighted by Crippen LogP contribution is -2.24. The largest absolute Gasteiger partial charge is 0.312 e. The molecule has 0 aromatic heterocycles. The fourth-order valence-electron chi connectivity index (χ4n) is 2.54. The number of halogens is 1. The van der Waals surface area contributed by atoms with Crippen LogP contribution in [-0.2, 0) is 6.54 Å². The van der Waals surface area contributed by atoms with E-state index in [-0.39, 0.29) is 0 Å². The molecule has 0 saturated carbocycles. The van der Waals surface area contributed by atoms with E-state index in [1.165, 1.54) is 5.06 Å². The van der Waals surface area contributed by atoms with Crippen LogP contribution in [0.2, 0.25) is 0 Å². The second-order valence-corrected chi connectivity index (χ2v) is 6.50. The predicted molar refractivity (Wildman–Crippen MR) is 104 cm³/mol. The van der Waals surface area contributed by atoms with Crippen LogP contribution in [-0.4, -0.2) is 10.3 Å². The number of hydrogen-bond donors (Lipinski definition) is 1. The molecule has 0 aliphatic rings. The SMILES string of the molecule is ON(Cc1ccccc1)[C@@H](C#Cc1ccccc1)c1ccccc1Br. The Bertz CT molecular complexity index is 869. The van der Waals surface area contributed by atoms with E-state index in [1.54, 1.807) is 0 Å². The van der Waals surface area contributed by atoms with Gasteiger partial charge in [-0.3, -0.25) is 0 Å². The normalized spacial score (nSPS) is 11.6. The predicted octanol–water partition coefficient (Wildman–Crippen LogP) is 5.43. The molecule has 25 heavy (non-hydrogen) atoms. The molecule has 3 aromatic carbocycles. The van der Waals surface area contributed by atoms with Crippen LogP contribution in [0.4, 0.5) is 0 Å². The van der Waals surface area contributed by atoms with Gasteiger partial charge in [-0.1, -0.05) is 94.5 Å². The van der Waals surface area contributed by atoms with Crippen LogP contribution in [0.3, 0.4) is 0 Å². The van der Waals surface area contributed by atoms with Crippen molar-refractivity contribution in [2.75, 3.05) is 0 Å². The van der Waals surface area contributed by atoms with E-state index in [0.29, 0.717) is 6.54 Å². The molecule has 3 aromatic rings. The summed E-state index contributed by atoms with van der Waals surface area (Å²) in [6, 6.07) is 27.1. The van der Waals surface area contributed by atoms with Crippen LogP contribution in [0.5, 0.6) is 0 Å². The van der Waals surface area contributed by atoms with Gasteiger partial charge in [-0.25, -0.2) is 0 Å². The minimum absolute atomic E-state index is 0.399. The van der Waals surface area contributed by atoms with Crippen LogP contribution >= 0.6 is 15.9 Å². The summed E-state index contributed by atoms with van der Waals surface area (Å²) in [7, 11) is 0. The third kappa shape index (κ3) is 4.80. The van der Waals surface area contributed by atoms with Gasteiger partial charge in [0.1, 0.15) is 6.04 Å². The fourth-order valence-corrected chi connectivity index (χ4v) is 3.05. The Morgan fingerprint density at radius 2 is 1.44 bits per heavy atom. The first-order valence-corrected chi connectivity index (χ1v) is 8.84. The summed E-state index contributed by atoms with van der Waals surface area (Å²) in [4.78, 5) is 0. The van der Waals surface area contributed by atoms with E-state index < -0.39 is 6.04 Å². The monoisotopic (exact) mass is 391 g/mol. The molecule has 0 saturated heterocycles. The first-order valence-electron chi connectivity index (χ1n) is 8.04. The summed E-state index contributed by atoms with van der Waals surface area (Å²) in [5, 5.41) is 12.0. The van der Waals surface area contributed by atoms with E-state index in [1.807, 2.05) is 84.9 Å². The number of hydroxylamine groups is 2. The average molecular weight is 392 g/mol. The highest BCUT2D eigenvalue weighted by Gasteiger charge is 2.19. The molecule has 1 atom stereocenters. The highest BCUT2D eigenvalue weighted by atomic mass is 79.9. The molecule has 124 valence electrons. The molecule has 1 N–H and O–H groups in total. The summed E-state index contributed by atoms with van der Waals surface area (Å²) in [5.74, 6) is 6.37. The molecule has 3 heteroatoms. The molecule has 0 bridgehead atoms. The Labute approximate surface area is 156 Å². The van der Waals surface area contributed by atoms with Crippen molar-refractivity contribution in [1.29, 1.82) is 0 Å². The van der Waals surface area contributed by atoms with E-state index in [4.69, 9.17) is 0 Å². The van der Waals surface area contributed by atoms with Gasteiger partial charge in [0.05, 0.1) is 6.54 Å². The molecule has 0 fully saturated rings. The third-order valence-electron chi connectivity index (χ3n) is 3.81. The Morgan fingerprint density at radius 3 is 2.12 bits per heavy atom. The minimum atomic E-state index is -0.434. The summed E-state index contributed by atoms with van der Waals surface area (Å²) >= 11 is 3.57. The van der Waals surface area contributed by atoms with Gasteiger partial charge in [-0.05, 0) is 29.3 Å². The molecule has 3 rings (SSSR count). The van der Waals surface area contributed by atoms with E-state index in [9.17, 15) is 5.21 Å². The smallest absolute Gasteiger partial charge is 0.122 e.